The lowest BCUT2D eigenvalue weighted by Crippen LogP contribution is -2.56. The Morgan fingerprint density at radius 3 is 2.30 bits per heavy atom. The molecule has 0 saturated carbocycles. The number of thiocarbonyl (C=S) groups is 1. The van der Waals surface area contributed by atoms with Gasteiger partial charge in [-0.25, -0.2) is 0 Å². The first kappa shape index (κ1) is 25.7. The van der Waals surface area contributed by atoms with Crippen molar-refractivity contribution in [2.75, 3.05) is 6.54 Å². The van der Waals surface area contributed by atoms with E-state index < -0.39 is 17.6 Å². The van der Waals surface area contributed by atoms with E-state index in [2.05, 4.69) is 16.0 Å². The molecule has 0 aromatic rings. The first-order valence-electron chi connectivity index (χ1n) is 8.79. The van der Waals surface area contributed by atoms with Crippen LogP contribution in [0.25, 0.3) is 0 Å². The van der Waals surface area contributed by atoms with Crippen LogP contribution >= 0.6 is 34.8 Å². The molecule has 0 saturated heterocycles. The third-order valence-electron chi connectivity index (χ3n) is 4.04. The summed E-state index contributed by atoms with van der Waals surface area (Å²) < 4.78 is 0.640. The van der Waals surface area contributed by atoms with Crippen LogP contribution in [-0.4, -0.2) is 49.8 Å². The molecule has 0 aromatic carbocycles. The van der Waals surface area contributed by atoms with E-state index in [0.717, 1.165) is 0 Å². The molecular formula is C17H28IN3O5S. The molecule has 0 aliphatic heterocycles. The van der Waals surface area contributed by atoms with Gasteiger partial charge in [0.15, 0.2) is 0 Å². The fourth-order valence-electron chi connectivity index (χ4n) is 2.16. The molecule has 0 radical (unpaired) electrons. The van der Waals surface area contributed by atoms with Crippen molar-refractivity contribution in [2.45, 2.75) is 70.9 Å². The number of halogens is 1. The Morgan fingerprint density at radius 2 is 1.81 bits per heavy atom. The minimum absolute atomic E-state index is 0.0575. The minimum atomic E-state index is -1.01. The number of amides is 3. The van der Waals surface area contributed by atoms with Gasteiger partial charge in [-0.2, -0.15) is 0 Å². The summed E-state index contributed by atoms with van der Waals surface area (Å²) in [5.41, 5.74) is -0.623. The molecule has 0 heterocycles. The second-order valence-corrected chi connectivity index (χ2v) is 8.66. The summed E-state index contributed by atoms with van der Waals surface area (Å²) in [7, 11) is 0. The Labute approximate surface area is 178 Å². The molecule has 10 heteroatoms. The summed E-state index contributed by atoms with van der Waals surface area (Å²) in [5, 5.41) is 16.7. The van der Waals surface area contributed by atoms with Crippen LogP contribution in [0.5, 0.6) is 0 Å². The fourth-order valence-corrected chi connectivity index (χ4v) is 2.87. The van der Waals surface area contributed by atoms with Gasteiger partial charge < -0.3 is 21.1 Å². The predicted octanol–water partition coefficient (Wildman–Crippen LogP) is 1.69. The second-order valence-electron chi connectivity index (χ2n) is 6.44. The molecule has 0 spiro atoms. The van der Waals surface area contributed by atoms with E-state index in [1.807, 2.05) is 36.4 Å². The standard InChI is InChI=1S/C17H28IN3O5S/c1-4-17(3,16(18)27)21-15(26)12(20-11(2)22)7-5-6-10-19-13(23)8-9-14(24)25/h12H,4-10H2,1-3H3,(H,19,23)(H,20,22)(H,21,26)(H,24,25)/t12-,17+/m0/s1. The molecule has 0 unspecified atom stereocenters. The van der Waals surface area contributed by atoms with Gasteiger partial charge in [-0.05, 0) is 55.2 Å². The quantitative estimate of drug-likeness (QED) is 0.129. The third-order valence-corrected chi connectivity index (χ3v) is 5.68. The summed E-state index contributed by atoms with van der Waals surface area (Å²) >= 11 is 7.23. The maximum absolute atomic E-state index is 12.6. The molecule has 4 N–H and O–H groups in total. The molecule has 0 bridgehead atoms. The second kappa shape index (κ2) is 13.0. The van der Waals surface area contributed by atoms with Crippen molar-refractivity contribution in [3.8, 4) is 0 Å². The van der Waals surface area contributed by atoms with Gasteiger partial charge in [-0.1, -0.05) is 19.1 Å². The lowest BCUT2D eigenvalue weighted by Gasteiger charge is -2.30. The fraction of sp³-hybridized carbons (Fsp3) is 0.706. The summed E-state index contributed by atoms with van der Waals surface area (Å²) in [6.07, 6.45) is 2.01. The Hall–Kier alpha value is -1.30. The number of unbranched alkanes of at least 4 members (excludes halogenated alkanes) is 1. The highest BCUT2D eigenvalue weighted by Crippen LogP contribution is 2.17. The van der Waals surface area contributed by atoms with Crippen LogP contribution in [0.15, 0.2) is 0 Å². The number of hydrogen-bond acceptors (Lipinski definition) is 5. The molecule has 0 fully saturated rings. The van der Waals surface area contributed by atoms with Crippen LogP contribution < -0.4 is 16.0 Å². The molecule has 0 aliphatic carbocycles. The Bertz CT molecular complexity index is 573. The smallest absolute Gasteiger partial charge is 0.303 e. The van der Waals surface area contributed by atoms with Crippen molar-refractivity contribution >= 4 is 61.4 Å². The van der Waals surface area contributed by atoms with Crippen LogP contribution in [0.2, 0.25) is 0 Å². The number of carboxylic acids is 1. The summed E-state index contributed by atoms with van der Waals surface area (Å²) in [4.78, 5) is 45.8. The van der Waals surface area contributed by atoms with Crippen molar-refractivity contribution in [3.63, 3.8) is 0 Å². The Kier molecular flexibility index (Phi) is 12.4. The van der Waals surface area contributed by atoms with E-state index in [9.17, 15) is 19.2 Å². The zero-order valence-corrected chi connectivity index (χ0v) is 18.9. The van der Waals surface area contributed by atoms with Crippen LogP contribution in [0.4, 0.5) is 0 Å². The molecule has 8 nitrogen and oxygen atoms in total. The van der Waals surface area contributed by atoms with Crippen LogP contribution in [0.3, 0.4) is 0 Å². The number of hydrogen-bond donors (Lipinski definition) is 4. The molecular weight excluding hydrogens is 485 g/mol. The molecule has 2 atom stereocenters. The molecule has 154 valence electrons. The average molecular weight is 513 g/mol. The van der Waals surface area contributed by atoms with Gasteiger partial charge in [0.25, 0.3) is 0 Å². The summed E-state index contributed by atoms with van der Waals surface area (Å²) in [6.45, 7) is 5.51. The number of aliphatic carboxylic acids is 1. The van der Waals surface area contributed by atoms with E-state index in [0.29, 0.717) is 35.1 Å². The Balaban J connectivity index is 4.48. The van der Waals surface area contributed by atoms with Crippen molar-refractivity contribution in [2.24, 2.45) is 0 Å². The topological polar surface area (TPSA) is 125 Å². The zero-order chi connectivity index (χ0) is 21.0. The number of rotatable bonds is 13. The molecule has 3 amide bonds. The summed E-state index contributed by atoms with van der Waals surface area (Å²) in [5.74, 6) is -1.92. The predicted molar refractivity (Wildman–Crippen MR) is 115 cm³/mol. The SMILES string of the molecule is CC[C@@](C)(NC(=O)[C@H](CCCCNC(=O)CCC(=O)O)NC(C)=O)C(=S)I. The third kappa shape index (κ3) is 11.2. The first-order chi connectivity index (χ1) is 12.5. The lowest BCUT2D eigenvalue weighted by molar-refractivity contribution is -0.138. The van der Waals surface area contributed by atoms with Gasteiger partial charge >= 0.3 is 5.97 Å². The number of carbonyl (C=O) groups excluding carboxylic acids is 3. The van der Waals surface area contributed by atoms with E-state index >= 15 is 0 Å². The largest absolute Gasteiger partial charge is 0.481 e. The highest BCUT2D eigenvalue weighted by Gasteiger charge is 2.31. The highest BCUT2D eigenvalue weighted by molar-refractivity contribution is 14.1. The van der Waals surface area contributed by atoms with Crippen LogP contribution in [-0.2, 0) is 19.2 Å². The van der Waals surface area contributed by atoms with Gasteiger partial charge in [-0.15, -0.1) is 0 Å². The number of carbonyl (C=O) groups is 4. The van der Waals surface area contributed by atoms with Crippen molar-refractivity contribution < 1.29 is 24.3 Å². The van der Waals surface area contributed by atoms with E-state index in [-0.39, 0.29) is 30.6 Å². The molecule has 0 rings (SSSR count). The van der Waals surface area contributed by atoms with Gasteiger partial charge in [0.1, 0.15) is 6.04 Å². The number of carboxylic acid groups (broad SMARTS) is 1. The monoisotopic (exact) mass is 513 g/mol. The van der Waals surface area contributed by atoms with Gasteiger partial charge in [-0.3, -0.25) is 19.2 Å². The normalized spacial score (nSPS) is 13.8. The van der Waals surface area contributed by atoms with E-state index in [1.165, 1.54) is 6.92 Å². The first-order valence-corrected chi connectivity index (χ1v) is 10.3. The van der Waals surface area contributed by atoms with Gasteiger partial charge in [0.05, 0.1) is 14.8 Å². The molecule has 0 aliphatic rings. The van der Waals surface area contributed by atoms with Crippen LogP contribution in [0, 0.1) is 0 Å². The number of nitrogens with one attached hydrogen (secondary N) is 3. The molecule has 27 heavy (non-hydrogen) atoms. The minimum Gasteiger partial charge on any atom is -0.481 e. The van der Waals surface area contributed by atoms with Crippen molar-refractivity contribution in [3.05, 3.63) is 0 Å². The zero-order valence-electron chi connectivity index (χ0n) is 15.9. The highest BCUT2D eigenvalue weighted by atomic mass is 127. The van der Waals surface area contributed by atoms with Gasteiger partial charge in [0, 0.05) is 19.9 Å². The summed E-state index contributed by atoms with van der Waals surface area (Å²) in [6, 6.07) is -0.679. The lowest BCUT2D eigenvalue weighted by atomic mass is 10.00. The maximum atomic E-state index is 12.6. The van der Waals surface area contributed by atoms with Crippen molar-refractivity contribution in [1.82, 2.24) is 16.0 Å². The van der Waals surface area contributed by atoms with Crippen molar-refractivity contribution in [1.29, 1.82) is 0 Å². The van der Waals surface area contributed by atoms with E-state index in [1.54, 1.807) is 0 Å². The average Bonchev–Trinajstić information content (AvgIpc) is 2.57. The van der Waals surface area contributed by atoms with Crippen LogP contribution in [0.1, 0.15) is 59.3 Å². The van der Waals surface area contributed by atoms with Gasteiger partial charge in [0.2, 0.25) is 17.7 Å². The Morgan fingerprint density at radius 1 is 1.19 bits per heavy atom. The maximum Gasteiger partial charge on any atom is 0.303 e. The van der Waals surface area contributed by atoms with E-state index in [4.69, 9.17) is 17.3 Å². The molecule has 0 aromatic heterocycles.